The Labute approximate surface area is 96.3 Å². The zero-order valence-corrected chi connectivity index (χ0v) is 9.81. The summed E-state index contributed by atoms with van der Waals surface area (Å²) in [7, 11) is 0. The predicted octanol–water partition coefficient (Wildman–Crippen LogP) is 1.98. The van der Waals surface area contributed by atoms with E-state index in [1.54, 1.807) is 6.92 Å². The maximum Gasteiger partial charge on any atom is 0.306 e. The summed E-state index contributed by atoms with van der Waals surface area (Å²) in [4.78, 5) is 10.7. The van der Waals surface area contributed by atoms with Gasteiger partial charge in [-0.1, -0.05) is 36.8 Å². The third kappa shape index (κ3) is 4.03. The SMILES string of the molecule is Cc1ccc(C[C@H](N)CC(C)C(=O)O)cc1. The molecule has 2 atom stereocenters. The summed E-state index contributed by atoms with van der Waals surface area (Å²) >= 11 is 0. The monoisotopic (exact) mass is 221 g/mol. The summed E-state index contributed by atoms with van der Waals surface area (Å²) < 4.78 is 0. The van der Waals surface area contributed by atoms with Gasteiger partial charge in [-0.25, -0.2) is 0 Å². The summed E-state index contributed by atoms with van der Waals surface area (Å²) in [6.07, 6.45) is 1.25. The summed E-state index contributed by atoms with van der Waals surface area (Å²) in [5.41, 5.74) is 8.30. The van der Waals surface area contributed by atoms with Crippen LogP contribution in [0.3, 0.4) is 0 Å². The first-order chi connectivity index (χ1) is 7.49. The lowest BCUT2D eigenvalue weighted by Gasteiger charge is -2.14. The van der Waals surface area contributed by atoms with Crippen molar-refractivity contribution < 1.29 is 9.90 Å². The van der Waals surface area contributed by atoms with E-state index in [2.05, 4.69) is 0 Å². The molecular weight excluding hydrogens is 202 g/mol. The Kier molecular flexibility index (Phi) is 4.50. The molecule has 1 aromatic carbocycles. The van der Waals surface area contributed by atoms with Crippen LogP contribution in [0.4, 0.5) is 0 Å². The molecule has 16 heavy (non-hydrogen) atoms. The minimum atomic E-state index is -0.778. The molecule has 0 amide bonds. The first-order valence-electron chi connectivity index (χ1n) is 5.53. The van der Waals surface area contributed by atoms with E-state index in [1.165, 1.54) is 5.56 Å². The van der Waals surface area contributed by atoms with Gasteiger partial charge < -0.3 is 10.8 Å². The first-order valence-corrected chi connectivity index (χ1v) is 5.53. The van der Waals surface area contributed by atoms with Crippen LogP contribution in [0.2, 0.25) is 0 Å². The van der Waals surface area contributed by atoms with E-state index in [9.17, 15) is 4.79 Å². The molecule has 0 bridgehead atoms. The third-order valence-electron chi connectivity index (χ3n) is 2.70. The zero-order chi connectivity index (χ0) is 12.1. The lowest BCUT2D eigenvalue weighted by atomic mass is 9.96. The number of nitrogens with two attached hydrogens (primary N) is 1. The predicted molar refractivity (Wildman–Crippen MR) is 64.3 cm³/mol. The fourth-order valence-electron chi connectivity index (χ4n) is 1.67. The smallest absolute Gasteiger partial charge is 0.306 e. The van der Waals surface area contributed by atoms with Crippen LogP contribution in [-0.4, -0.2) is 17.1 Å². The molecule has 0 aliphatic rings. The number of benzene rings is 1. The molecule has 0 fully saturated rings. The van der Waals surface area contributed by atoms with Gasteiger partial charge >= 0.3 is 5.97 Å². The highest BCUT2D eigenvalue weighted by atomic mass is 16.4. The second-order valence-corrected chi connectivity index (χ2v) is 4.42. The van der Waals surface area contributed by atoms with Gasteiger partial charge in [-0.05, 0) is 25.3 Å². The third-order valence-corrected chi connectivity index (χ3v) is 2.70. The molecule has 0 saturated carbocycles. The lowest BCUT2D eigenvalue weighted by molar-refractivity contribution is -0.141. The number of rotatable bonds is 5. The molecule has 0 radical (unpaired) electrons. The van der Waals surface area contributed by atoms with Crippen LogP contribution >= 0.6 is 0 Å². The first kappa shape index (κ1) is 12.7. The highest BCUT2D eigenvalue weighted by molar-refractivity contribution is 5.69. The Bertz CT molecular complexity index is 345. The summed E-state index contributed by atoms with van der Waals surface area (Å²) in [5, 5.41) is 8.78. The molecule has 1 aromatic rings. The molecule has 3 heteroatoms. The molecule has 3 N–H and O–H groups in total. The van der Waals surface area contributed by atoms with Crippen LogP contribution in [0.5, 0.6) is 0 Å². The van der Waals surface area contributed by atoms with Crippen molar-refractivity contribution in [3.05, 3.63) is 35.4 Å². The van der Waals surface area contributed by atoms with Gasteiger partial charge in [0.15, 0.2) is 0 Å². The molecule has 0 saturated heterocycles. The van der Waals surface area contributed by atoms with Gasteiger partial charge in [0.25, 0.3) is 0 Å². The standard InChI is InChI=1S/C13H19NO2/c1-9-3-5-11(6-4-9)8-12(14)7-10(2)13(15)16/h3-6,10,12H,7-8,14H2,1-2H3,(H,15,16)/t10?,12-/m1/s1. The van der Waals surface area contributed by atoms with Gasteiger partial charge in [0.05, 0.1) is 5.92 Å². The Balaban J connectivity index is 2.48. The number of carboxylic acid groups (broad SMARTS) is 1. The van der Waals surface area contributed by atoms with Crippen molar-refractivity contribution >= 4 is 5.97 Å². The molecule has 0 aromatic heterocycles. The van der Waals surface area contributed by atoms with E-state index in [4.69, 9.17) is 10.8 Å². The summed E-state index contributed by atoms with van der Waals surface area (Å²) in [6, 6.07) is 8.08. The minimum absolute atomic E-state index is 0.0891. The maximum atomic E-state index is 10.7. The highest BCUT2D eigenvalue weighted by Crippen LogP contribution is 2.11. The minimum Gasteiger partial charge on any atom is -0.481 e. The van der Waals surface area contributed by atoms with Crippen LogP contribution in [0.1, 0.15) is 24.5 Å². The van der Waals surface area contributed by atoms with E-state index in [0.717, 1.165) is 12.0 Å². The van der Waals surface area contributed by atoms with Gasteiger partial charge in [-0.15, -0.1) is 0 Å². The van der Waals surface area contributed by atoms with Crippen molar-refractivity contribution in [3.8, 4) is 0 Å². The van der Waals surface area contributed by atoms with Crippen molar-refractivity contribution in [2.75, 3.05) is 0 Å². The van der Waals surface area contributed by atoms with E-state index in [-0.39, 0.29) is 12.0 Å². The number of aliphatic carboxylic acids is 1. The van der Waals surface area contributed by atoms with E-state index >= 15 is 0 Å². The average Bonchev–Trinajstić information content (AvgIpc) is 2.21. The van der Waals surface area contributed by atoms with Crippen molar-refractivity contribution in [3.63, 3.8) is 0 Å². The topological polar surface area (TPSA) is 63.3 Å². The zero-order valence-electron chi connectivity index (χ0n) is 9.81. The van der Waals surface area contributed by atoms with Crippen LogP contribution < -0.4 is 5.73 Å². The normalized spacial score (nSPS) is 14.4. The van der Waals surface area contributed by atoms with Gasteiger partial charge in [-0.3, -0.25) is 4.79 Å². The van der Waals surface area contributed by atoms with Crippen LogP contribution in [0.15, 0.2) is 24.3 Å². The van der Waals surface area contributed by atoms with Crippen LogP contribution in [0, 0.1) is 12.8 Å². The van der Waals surface area contributed by atoms with Crippen LogP contribution in [0.25, 0.3) is 0 Å². The Morgan fingerprint density at radius 3 is 2.44 bits per heavy atom. The molecule has 0 heterocycles. The van der Waals surface area contributed by atoms with Crippen LogP contribution in [-0.2, 0) is 11.2 Å². The molecule has 3 nitrogen and oxygen atoms in total. The van der Waals surface area contributed by atoms with Crippen molar-refractivity contribution in [1.82, 2.24) is 0 Å². The number of aryl methyl sites for hydroxylation is 1. The molecule has 0 aliphatic carbocycles. The molecule has 0 aliphatic heterocycles. The maximum absolute atomic E-state index is 10.7. The van der Waals surface area contributed by atoms with Gasteiger partial charge in [0.2, 0.25) is 0 Å². The van der Waals surface area contributed by atoms with E-state index in [0.29, 0.717) is 6.42 Å². The second-order valence-electron chi connectivity index (χ2n) is 4.42. The number of hydrogen-bond acceptors (Lipinski definition) is 2. The van der Waals surface area contributed by atoms with Gasteiger partial charge in [0, 0.05) is 6.04 Å². The Morgan fingerprint density at radius 2 is 1.94 bits per heavy atom. The van der Waals surface area contributed by atoms with E-state index in [1.807, 2.05) is 31.2 Å². The molecule has 1 rings (SSSR count). The average molecular weight is 221 g/mol. The molecule has 88 valence electrons. The number of carboxylic acids is 1. The fourth-order valence-corrected chi connectivity index (χ4v) is 1.67. The number of carbonyl (C=O) groups is 1. The Hall–Kier alpha value is -1.35. The van der Waals surface area contributed by atoms with Crippen molar-refractivity contribution in [2.45, 2.75) is 32.7 Å². The molecule has 0 spiro atoms. The van der Waals surface area contributed by atoms with E-state index < -0.39 is 5.97 Å². The highest BCUT2D eigenvalue weighted by Gasteiger charge is 2.15. The lowest BCUT2D eigenvalue weighted by Crippen LogP contribution is -2.28. The van der Waals surface area contributed by atoms with Gasteiger partial charge in [-0.2, -0.15) is 0 Å². The quantitative estimate of drug-likeness (QED) is 0.799. The summed E-state index contributed by atoms with van der Waals surface area (Å²) in [5.74, 6) is -1.15. The van der Waals surface area contributed by atoms with Crippen molar-refractivity contribution in [2.24, 2.45) is 11.7 Å². The summed E-state index contributed by atoms with van der Waals surface area (Å²) in [6.45, 7) is 3.73. The van der Waals surface area contributed by atoms with Crippen molar-refractivity contribution in [1.29, 1.82) is 0 Å². The number of hydrogen-bond donors (Lipinski definition) is 2. The fraction of sp³-hybridized carbons (Fsp3) is 0.462. The Morgan fingerprint density at radius 1 is 1.38 bits per heavy atom. The largest absolute Gasteiger partial charge is 0.481 e. The second kappa shape index (κ2) is 5.66. The molecule has 1 unspecified atom stereocenters. The molecular formula is C13H19NO2. The van der Waals surface area contributed by atoms with Gasteiger partial charge in [0.1, 0.15) is 0 Å².